The van der Waals surface area contributed by atoms with E-state index in [4.69, 9.17) is 9.41 Å². The molecule has 34 heavy (non-hydrogen) atoms. The fourth-order valence-electron chi connectivity index (χ4n) is 5.57. The molecule has 2 aliphatic rings. The summed E-state index contributed by atoms with van der Waals surface area (Å²) in [7, 11) is -1.95. The number of aromatic nitrogens is 1. The van der Waals surface area contributed by atoms with Crippen LogP contribution < -0.4 is 0 Å². The lowest BCUT2D eigenvalue weighted by molar-refractivity contribution is 0.110. The summed E-state index contributed by atoms with van der Waals surface area (Å²) in [6, 6.07) is 6.75. The second-order valence-corrected chi connectivity index (χ2v) is 16.4. The Kier molecular flexibility index (Phi) is 8.11. The lowest BCUT2D eigenvalue weighted by Crippen LogP contribution is -2.39. The zero-order chi connectivity index (χ0) is 24.0. The van der Waals surface area contributed by atoms with Gasteiger partial charge in [-0.1, -0.05) is 60.1 Å². The summed E-state index contributed by atoms with van der Waals surface area (Å²) in [6.45, 7) is 13.7. The highest BCUT2D eigenvalue weighted by Gasteiger charge is 2.41. The highest BCUT2D eigenvalue weighted by molar-refractivity contribution is 6.72. The first-order valence-electron chi connectivity index (χ1n) is 12.6. The molecule has 0 spiro atoms. The number of rotatable bonds is 6. The third-order valence-corrected chi connectivity index (χ3v) is 11.7. The maximum Gasteiger partial charge on any atom is 0.190 e. The summed E-state index contributed by atoms with van der Waals surface area (Å²) in [4.78, 5) is 5.29. The van der Waals surface area contributed by atoms with Crippen LogP contribution in [0.25, 0.3) is 11.1 Å². The van der Waals surface area contributed by atoms with E-state index in [1.165, 1.54) is 25.0 Å². The molecule has 1 saturated carbocycles. The highest BCUT2D eigenvalue weighted by atomic mass is 28.4. The number of hydrogen-bond donors (Lipinski definition) is 1. The standard InChI is InChI=1S/C28H40FNO2Si.CH4/c1-18(2)33(5,6)32-24-16-28(3,4)15-23-26(24)25(19-11-13-21(29)14-12-19)22(17-31)27(30-23)20-9-7-8-10-20;/h11-14,18,20,24,31H,7-10,15-17H2,1-6H3;1H4. The summed E-state index contributed by atoms with van der Waals surface area (Å²) >= 11 is 0. The zero-order valence-corrected chi connectivity index (χ0v) is 22.2. The second-order valence-electron chi connectivity index (χ2n) is 11.8. The summed E-state index contributed by atoms with van der Waals surface area (Å²) in [6.07, 6.45) is 6.43. The van der Waals surface area contributed by atoms with Gasteiger partial charge < -0.3 is 9.53 Å². The predicted octanol–water partition coefficient (Wildman–Crippen LogP) is 8.32. The molecule has 1 atom stereocenters. The number of nitrogens with zero attached hydrogens (tertiary/aromatic N) is 1. The number of aliphatic hydroxyl groups excluding tert-OH is 1. The summed E-state index contributed by atoms with van der Waals surface area (Å²) in [5, 5.41) is 10.6. The molecule has 3 nitrogen and oxygen atoms in total. The van der Waals surface area contributed by atoms with E-state index in [1.807, 2.05) is 12.1 Å². The number of halogens is 1. The van der Waals surface area contributed by atoms with Crippen molar-refractivity contribution in [3.05, 3.63) is 52.6 Å². The van der Waals surface area contributed by atoms with Crippen molar-refractivity contribution in [2.45, 2.75) is 111 Å². The zero-order valence-electron chi connectivity index (χ0n) is 21.2. The minimum Gasteiger partial charge on any atom is -0.410 e. The van der Waals surface area contributed by atoms with E-state index in [0.29, 0.717) is 11.5 Å². The van der Waals surface area contributed by atoms with Gasteiger partial charge in [0.1, 0.15) is 5.82 Å². The molecule has 5 heteroatoms. The van der Waals surface area contributed by atoms with Gasteiger partial charge in [-0.25, -0.2) is 4.39 Å². The Balaban J connectivity index is 0.00000324. The highest BCUT2D eigenvalue weighted by Crippen LogP contribution is 2.50. The fourth-order valence-corrected chi connectivity index (χ4v) is 6.77. The summed E-state index contributed by atoms with van der Waals surface area (Å²) < 4.78 is 20.9. The topological polar surface area (TPSA) is 42.4 Å². The molecular weight excluding hydrogens is 441 g/mol. The van der Waals surface area contributed by atoms with E-state index in [9.17, 15) is 9.50 Å². The van der Waals surface area contributed by atoms with E-state index in [-0.39, 0.29) is 31.4 Å². The van der Waals surface area contributed by atoms with Gasteiger partial charge in [0, 0.05) is 28.4 Å². The van der Waals surface area contributed by atoms with Crippen LogP contribution >= 0.6 is 0 Å². The molecule has 4 rings (SSSR count). The van der Waals surface area contributed by atoms with Gasteiger partial charge in [-0.3, -0.25) is 4.98 Å². The van der Waals surface area contributed by atoms with Gasteiger partial charge in [-0.2, -0.15) is 0 Å². The van der Waals surface area contributed by atoms with Crippen LogP contribution in [-0.2, 0) is 17.5 Å². The van der Waals surface area contributed by atoms with E-state index in [2.05, 4.69) is 40.8 Å². The van der Waals surface area contributed by atoms with Crippen molar-refractivity contribution in [1.82, 2.24) is 4.98 Å². The van der Waals surface area contributed by atoms with Crippen molar-refractivity contribution in [2.75, 3.05) is 0 Å². The Morgan fingerprint density at radius 3 is 2.32 bits per heavy atom. The maximum atomic E-state index is 13.9. The minimum atomic E-state index is -1.95. The first-order valence-corrected chi connectivity index (χ1v) is 15.6. The first kappa shape index (κ1) is 27.0. The van der Waals surface area contributed by atoms with Crippen LogP contribution in [0.5, 0.6) is 0 Å². The van der Waals surface area contributed by atoms with E-state index < -0.39 is 8.32 Å². The molecule has 0 aliphatic heterocycles. The molecule has 0 saturated heterocycles. The van der Waals surface area contributed by atoms with E-state index in [1.54, 1.807) is 0 Å². The van der Waals surface area contributed by atoms with Crippen molar-refractivity contribution in [3.8, 4) is 11.1 Å². The van der Waals surface area contributed by atoms with Crippen LogP contribution in [0.4, 0.5) is 4.39 Å². The molecule has 1 heterocycles. The van der Waals surface area contributed by atoms with Crippen LogP contribution in [0, 0.1) is 11.2 Å². The van der Waals surface area contributed by atoms with Crippen molar-refractivity contribution in [3.63, 3.8) is 0 Å². The molecule has 188 valence electrons. The number of aliphatic hydroxyl groups is 1. The number of fused-ring (bicyclic) bond motifs is 1. The molecule has 2 aromatic rings. The Hall–Kier alpha value is -1.56. The van der Waals surface area contributed by atoms with Crippen LogP contribution in [-0.4, -0.2) is 18.4 Å². The molecule has 0 amide bonds. The third-order valence-electron chi connectivity index (χ3n) is 8.02. The monoisotopic (exact) mass is 485 g/mol. The Morgan fingerprint density at radius 2 is 1.76 bits per heavy atom. The molecule has 0 radical (unpaired) electrons. The molecule has 1 aromatic heterocycles. The number of hydrogen-bond acceptors (Lipinski definition) is 3. The van der Waals surface area contributed by atoms with Gasteiger partial charge >= 0.3 is 0 Å². The lowest BCUT2D eigenvalue weighted by Gasteiger charge is -2.42. The molecule has 0 bridgehead atoms. The smallest absolute Gasteiger partial charge is 0.190 e. The largest absolute Gasteiger partial charge is 0.410 e. The van der Waals surface area contributed by atoms with Crippen molar-refractivity contribution >= 4 is 8.32 Å². The molecular formula is C29H44FNO2Si. The van der Waals surface area contributed by atoms with Crippen LogP contribution in [0.15, 0.2) is 24.3 Å². The van der Waals surface area contributed by atoms with E-state index in [0.717, 1.165) is 59.3 Å². The van der Waals surface area contributed by atoms with Gasteiger partial charge in [0.2, 0.25) is 0 Å². The van der Waals surface area contributed by atoms with Crippen LogP contribution in [0.1, 0.15) is 102 Å². The average molecular weight is 486 g/mol. The van der Waals surface area contributed by atoms with Crippen LogP contribution in [0.3, 0.4) is 0 Å². The van der Waals surface area contributed by atoms with Gasteiger partial charge in [0.15, 0.2) is 8.32 Å². The summed E-state index contributed by atoms with van der Waals surface area (Å²) in [5.74, 6) is 0.146. The van der Waals surface area contributed by atoms with Gasteiger partial charge in [0.25, 0.3) is 0 Å². The lowest BCUT2D eigenvalue weighted by atomic mass is 9.72. The van der Waals surface area contributed by atoms with Crippen molar-refractivity contribution in [1.29, 1.82) is 0 Å². The molecule has 1 N–H and O–H groups in total. The van der Waals surface area contributed by atoms with Gasteiger partial charge in [-0.05, 0) is 73.0 Å². The fraction of sp³-hybridized carbons (Fsp3) is 0.621. The Morgan fingerprint density at radius 1 is 1.15 bits per heavy atom. The quantitative estimate of drug-likeness (QED) is 0.418. The predicted molar refractivity (Wildman–Crippen MR) is 142 cm³/mol. The molecule has 1 fully saturated rings. The maximum absolute atomic E-state index is 13.9. The van der Waals surface area contributed by atoms with Gasteiger partial charge in [-0.15, -0.1) is 0 Å². The van der Waals surface area contributed by atoms with E-state index >= 15 is 0 Å². The molecule has 1 unspecified atom stereocenters. The average Bonchev–Trinajstić information content (AvgIpc) is 3.26. The second kappa shape index (κ2) is 10.2. The molecule has 2 aliphatic carbocycles. The SMILES string of the molecule is C.CC(C)[Si](C)(C)OC1CC(C)(C)Cc2nc(C3CCCC3)c(CO)c(-c3ccc(F)cc3)c21. The van der Waals surface area contributed by atoms with Crippen LogP contribution in [0.2, 0.25) is 18.6 Å². The molecule has 1 aromatic carbocycles. The number of pyridine rings is 1. The van der Waals surface area contributed by atoms with Crippen molar-refractivity contribution in [2.24, 2.45) is 5.41 Å². The summed E-state index contributed by atoms with van der Waals surface area (Å²) in [5.41, 5.74) is 6.79. The van der Waals surface area contributed by atoms with Crippen molar-refractivity contribution < 1.29 is 13.9 Å². The Bertz CT molecular complexity index is 994. The third kappa shape index (κ3) is 5.32. The first-order chi connectivity index (χ1) is 15.5. The Labute approximate surface area is 207 Å². The van der Waals surface area contributed by atoms with Gasteiger partial charge in [0.05, 0.1) is 12.7 Å². The number of benzene rings is 1. The minimum absolute atomic E-state index is 0. The normalized spacial score (nSPS) is 20.3.